The summed E-state index contributed by atoms with van der Waals surface area (Å²) in [5.41, 5.74) is 2.61. The van der Waals surface area contributed by atoms with Crippen LogP contribution in [0, 0.1) is 31.0 Å². The van der Waals surface area contributed by atoms with Crippen LogP contribution in [-0.4, -0.2) is 4.98 Å². The first-order chi connectivity index (χ1) is 6.65. The first-order valence-electron chi connectivity index (χ1n) is 4.32. The minimum Gasteiger partial charge on any atom is -0.355 e. The Morgan fingerprint density at radius 2 is 2.07 bits per heavy atom. The average Bonchev–Trinajstić information content (AvgIpc) is 2.50. The number of H-pyrrole nitrogens is 1. The van der Waals surface area contributed by atoms with Crippen LogP contribution in [0.1, 0.15) is 16.8 Å². The molecule has 3 heteroatoms. The van der Waals surface area contributed by atoms with E-state index < -0.39 is 0 Å². The third-order valence-corrected chi connectivity index (χ3v) is 2.41. The third kappa shape index (κ3) is 1.01. The first kappa shape index (κ1) is 8.76. The maximum Gasteiger partial charge on any atom is 0.147 e. The molecule has 0 atom stereocenters. The number of nitriles is 1. The smallest absolute Gasteiger partial charge is 0.147 e. The number of nitrogens with one attached hydrogen (secondary N) is 1. The standard InChI is InChI=1S/C11H9FN2/c1-6-3-4-9(12)11-10(6)8(5-13)7(2)14-11/h3-4,14H,1-2H3. The molecule has 0 unspecified atom stereocenters. The zero-order valence-electron chi connectivity index (χ0n) is 7.98. The fourth-order valence-electron chi connectivity index (χ4n) is 1.70. The summed E-state index contributed by atoms with van der Waals surface area (Å²) >= 11 is 0. The Bertz CT molecular complexity index is 546. The van der Waals surface area contributed by atoms with Gasteiger partial charge in [-0.25, -0.2) is 4.39 Å². The molecule has 1 N–H and O–H groups in total. The van der Waals surface area contributed by atoms with Gasteiger partial charge in [-0.3, -0.25) is 0 Å². The minimum absolute atomic E-state index is 0.310. The second kappa shape index (κ2) is 2.85. The van der Waals surface area contributed by atoms with Crippen LogP contribution in [0.3, 0.4) is 0 Å². The second-order valence-electron chi connectivity index (χ2n) is 3.35. The Hall–Kier alpha value is -1.82. The Labute approximate surface area is 81.0 Å². The summed E-state index contributed by atoms with van der Waals surface area (Å²) in [6.45, 7) is 3.65. The molecule has 0 aliphatic carbocycles. The van der Waals surface area contributed by atoms with Gasteiger partial charge in [-0.05, 0) is 25.5 Å². The molecule has 0 fully saturated rings. The molecule has 0 radical (unpaired) electrons. The minimum atomic E-state index is -0.310. The Morgan fingerprint density at radius 3 is 2.71 bits per heavy atom. The summed E-state index contributed by atoms with van der Waals surface area (Å²) in [7, 11) is 0. The lowest BCUT2D eigenvalue weighted by atomic mass is 10.1. The number of nitrogens with zero attached hydrogens (tertiary/aromatic N) is 1. The van der Waals surface area contributed by atoms with Crippen molar-refractivity contribution in [3.8, 4) is 6.07 Å². The monoisotopic (exact) mass is 188 g/mol. The van der Waals surface area contributed by atoms with Crippen LogP contribution in [0.4, 0.5) is 4.39 Å². The SMILES string of the molecule is Cc1[nH]c2c(F)ccc(C)c2c1C#N. The van der Waals surface area contributed by atoms with Crippen LogP contribution in [0.5, 0.6) is 0 Å². The maximum atomic E-state index is 13.4. The highest BCUT2D eigenvalue weighted by atomic mass is 19.1. The quantitative estimate of drug-likeness (QED) is 0.678. The predicted molar refractivity (Wildman–Crippen MR) is 52.4 cm³/mol. The molecule has 1 aromatic carbocycles. The number of hydrogen-bond acceptors (Lipinski definition) is 1. The lowest BCUT2D eigenvalue weighted by Gasteiger charge is -1.96. The van der Waals surface area contributed by atoms with Crippen molar-refractivity contribution in [2.24, 2.45) is 0 Å². The van der Waals surface area contributed by atoms with Gasteiger partial charge in [-0.2, -0.15) is 5.26 Å². The highest BCUT2D eigenvalue weighted by Crippen LogP contribution is 2.26. The van der Waals surface area contributed by atoms with Gasteiger partial charge in [0.05, 0.1) is 11.1 Å². The van der Waals surface area contributed by atoms with E-state index in [4.69, 9.17) is 5.26 Å². The zero-order valence-corrected chi connectivity index (χ0v) is 7.98. The van der Waals surface area contributed by atoms with E-state index in [1.54, 1.807) is 13.0 Å². The molecule has 2 rings (SSSR count). The summed E-state index contributed by atoms with van der Waals surface area (Å²) in [4.78, 5) is 2.89. The van der Waals surface area contributed by atoms with E-state index in [-0.39, 0.29) is 5.82 Å². The van der Waals surface area contributed by atoms with Gasteiger partial charge in [0, 0.05) is 11.1 Å². The molecule has 70 valence electrons. The number of aromatic nitrogens is 1. The van der Waals surface area contributed by atoms with Gasteiger partial charge in [0.2, 0.25) is 0 Å². The molecule has 0 spiro atoms. The van der Waals surface area contributed by atoms with Crippen molar-refractivity contribution in [3.05, 3.63) is 34.8 Å². The summed E-state index contributed by atoms with van der Waals surface area (Å²) in [5.74, 6) is -0.310. The van der Waals surface area contributed by atoms with Crippen LogP contribution in [0.25, 0.3) is 10.9 Å². The van der Waals surface area contributed by atoms with Crippen molar-refractivity contribution in [3.63, 3.8) is 0 Å². The van der Waals surface area contributed by atoms with Crippen molar-refractivity contribution in [1.82, 2.24) is 4.98 Å². The summed E-state index contributed by atoms with van der Waals surface area (Å²) < 4.78 is 13.4. The maximum absolute atomic E-state index is 13.4. The van der Waals surface area contributed by atoms with Crippen LogP contribution in [-0.2, 0) is 0 Å². The molecule has 2 nitrogen and oxygen atoms in total. The molecule has 0 aliphatic rings. The topological polar surface area (TPSA) is 39.6 Å². The highest BCUT2D eigenvalue weighted by Gasteiger charge is 2.12. The van der Waals surface area contributed by atoms with Gasteiger partial charge >= 0.3 is 0 Å². The van der Waals surface area contributed by atoms with Crippen LogP contribution in [0.15, 0.2) is 12.1 Å². The predicted octanol–water partition coefficient (Wildman–Crippen LogP) is 2.80. The Morgan fingerprint density at radius 1 is 1.36 bits per heavy atom. The molecule has 14 heavy (non-hydrogen) atoms. The largest absolute Gasteiger partial charge is 0.355 e. The summed E-state index contributed by atoms with van der Waals surface area (Å²) in [6, 6.07) is 5.19. The molecular weight excluding hydrogens is 179 g/mol. The van der Waals surface area contributed by atoms with Crippen LogP contribution in [0.2, 0.25) is 0 Å². The lowest BCUT2D eigenvalue weighted by molar-refractivity contribution is 0.637. The van der Waals surface area contributed by atoms with Crippen molar-refractivity contribution in [1.29, 1.82) is 5.26 Å². The van der Waals surface area contributed by atoms with Crippen molar-refractivity contribution in [2.75, 3.05) is 0 Å². The van der Waals surface area contributed by atoms with Crippen LogP contribution < -0.4 is 0 Å². The molecule has 0 saturated heterocycles. The molecule has 0 aliphatic heterocycles. The van der Waals surface area contributed by atoms with E-state index in [2.05, 4.69) is 11.1 Å². The van der Waals surface area contributed by atoms with E-state index in [9.17, 15) is 4.39 Å². The van der Waals surface area contributed by atoms with Crippen LogP contribution >= 0.6 is 0 Å². The number of aryl methyl sites for hydroxylation is 2. The molecule has 1 heterocycles. The molecule has 0 saturated carbocycles. The molecular formula is C11H9FN2. The van der Waals surface area contributed by atoms with Gasteiger partial charge in [0.15, 0.2) is 0 Å². The van der Waals surface area contributed by atoms with Gasteiger partial charge in [0.1, 0.15) is 11.9 Å². The Balaban J connectivity index is 3.03. The normalized spacial score (nSPS) is 10.4. The number of benzene rings is 1. The third-order valence-electron chi connectivity index (χ3n) is 2.41. The molecule has 0 amide bonds. The van der Waals surface area contributed by atoms with E-state index >= 15 is 0 Å². The number of halogens is 1. The first-order valence-corrected chi connectivity index (χ1v) is 4.32. The fraction of sp³-hybridized carbons (Fsp3) is 0.182. The van der Waals surface area contributed by atoms with E-state index in [1.807, 2.05) is 6.92 Å². The number of fused-ring (bicyclic) bond motifs is 1. The van der Waals surface area contributed by atoms with Crippen molar-refractivity contribution >= 4 is 10.9 Å². The second-order valence-corrected chi connectivity index (χ2v) is 3.35. The lowest BCUT2D eigenvalue weighted by Crippen LogP contribution is -1.81. The van der Waals surface area contributed by atoms with Gasteiger partial charge in [-0.1, -0.05) is 6.07 Å². The Kier molecular flexibility index (Phi) is 1.78. The van der Waals surface area contributed by atoms with E-state index in [0.29, 0.717) is 16.5 Å². The zero-order chi connectivity index (χ0) is 10.3. The summed E-state index contributed by atoms with van der Waals surface area (Å²) in [6.07, 6.45) is 0. The number of rotatable bonds is 0. The molecule has 0 bridgehead atoms. The number of hydrogen-bond donors (Lipinski definition) is 1. The van der Waals surface area contributed by atoms with E-state index in [0.717, 1.165) is 11.3 Å². The number of aromatic amines is 1. The van der Waals surface area contributed by atoms with Gasteiger partial charge in [0.25, 0.3) is 0 Å². The van der Waals surface area contributed by atoms with Crippen molar-refractivity contribution < 1.29 is 4.39 Å². The summed E-state index contributed by atoms with van der Waals surface area (Å²) in [5, 5.41) is 9.63. The molecule has 2 aromatic rings. The van der Waals surface area contributed by atoms with E-state index in [1.165, 1.54) is 6.07 Å². The van der Waals surface area contributed by atoms with Gasteiger partial charge in [-0.15, -0.1) is 0 Å². The van der Waals surface area contributed by atoms with Crippen molar-refractivity contribution in [2.45, 2.75) is 13.8 Å². The molecule has 1 aromatic heterocycles. The highest BCUT2D eigenvalue weighted by molar-refractivity contribution is 5.90. The van der Waals surface area contributed by atoms with Gasteiger partial charge < -0.3 is 4.98 Å². The average molecular weight is 188 g/mol. The fourth-order valence-corrected chi connectivity index (χ4v) is 1.70.